The van der Waals surface area contributed by atoms with E-state index in [0.717, 1.165) is 10.2 Å². The van der Waals surface area contributed by atoms with Gasteiger partial charge in [0.05, 0.1) is 24.9 Å². The van der Waals surface area contributed by atoms with Crippen molar-refractivity contribution in [3.8, 4) is 5.75 Å². The summed E-state index contributed by atoms with van der Waals surface area (Å²) < 4.78 is 12.6. The number of thiazole rings is 1. The monoisotopic (exact) mass is 493 g/mol. The Kier molecular flexibility index (Phi) is 7.01. The van der Waals surface area contributed by atoms with Crippen LogP contribution in [0.5, 0.6) is 5.75 Å². The fourth-order valence-electron chi connectivity index (χ4n) is 3.90. The van der Waals surface area contributed by atoms with Crippen molar-refractivity contribution < 1.29 is 19.1 Å². The van der Waals surface area contributed by atoms with Gasteiger partial charge < -0.3 is 19.3 Å². The van der Waals surface area contributed by atoms with Crippen molar-refractivity contribution in [3.05, 3.63) is 45.3 Å². The van der Waals surface area contributed by atoms with Crippen molar-refractivity contribution in [2.75, 3.05) is 39.4 Å². The summed E-state index contributed by atoms with van der Waals surface area (Å²) in [5.41, 5.74) is 1.66. The van der Waals surface area contributed by atoms with Crippen molar-refractivity contribution in [3.63, 3.8) is 0 Å². The van der Waals surface area contributed by atoms with E-state index in [4.69, 9.17) is 9.47 Å². The maximum Gasteiger partial charge on any atom is 0.265 e. The molecule has 2 aromatic rings. The minimum absolute atomic E-state index is 0.0257. The summed E-state index contributed by atoms with van der Waals surface area (Å²) in [5.74, 6) is 0.755. The summed E-state index contributed by atoms with van der Waals surface area (Å²) in [7, 11) is 0. The topological polar surface area (TPSA) is 72.0 Å². The number of halogens is 1. The van der Waals surface area contributed by atoms with Gasteiger partial charge in [0.2, 0.25) is 5.91 Å². The van der Waals surface area contributed by atoms with E-state index in [9.17, 15) is 9.59 Å². The molecule has 1 aromatic carbocycles. The zero-order valence-electron chi connectivity index (χ0n) is 16.5. The van der Waals surface area contributed by atoms with Gasteiger partial charge in [-0.3, -0.25) is 14.6 Å². The highest BCUT2D eigenvalue weighted by Gasteiger charge is 2.36. The molecule has 2 saturated heterocycles. The number of rotatable bonds is 5. The number of nitrogens with zero attached hydrogens (tertiary/aromatic N) is 3. The summed E-state index contributed by atoms with van der Waals surface area (Å²) in [5, 5.41) is 0. The summed E-state index contributed by atoms with van der Waals surface area (Å²) in [4.78, 5) is 34.1. The molecule has 1 aromatic heterocycles. The van der Waals surface area contributed by atoms with Gasteiger partial charge in [-0.1, -0.05) is 22.0 Å². The molecule has 0 saturated carbocycles. The maximum absolute atomic E-state index is 12.9. The second-order valence-corrected chi connectivity index (χ2v) is 9.28. The average Bonchev–Trinajstić information content (AvgIpc) is 3.30. The second-order valence-electron chi connectivity index (χ2n) is 7.48. The predicted octanol–water partition coefficient (Wildman–Crippen LogP) is 3.06. The van der Waals surface area contributed by atoms with Crippen LogP contribution in [0.25, 0.3) is 0 Å². The Morgan fingerprint density at radius 1 is 1.23 bits per heavy atom. The Labute approximate surface area is 188 Å². The molecule has 0 spiro atoms. The van der Waals surface area contributed by atoms with Crippen LogP contribution in [-0.2, 0) is 9.53 Å². The lowest BCUT2D eigenvalue weighted by molar-refractivity contribution is -0.137. The molecule has 3 heterocycles. The molecule has 2 aliphatic heterocycles. The number of ether oxygens (including phenoxy) is 2. The highest BCUT2D eigenvalue weighted by molar-refractivity contribution is 9.10. The van der Waals surface area contributed by atoms with E-state index in [-0.39, 0.29) is 23.8 Å². The number of piperidine rings is 1. The lowest BCUT2D eigenvalue weighted by Gasteiger charge is -2.39. The van der Waals surface area contributed by atoms with Gasteiger partial charge >= 0.3 is 0 Å². The van der Waals surface area contributed by atoms with Gasteiger partial charge in [-0.2, -0.15) is 0 Å². The fraction of sp³-hybridized carbons (Fsp3) is 0.476. The molecule has 9 heteroatoms. The van der Waals surface area contributed by atoms with Crippen LogP contribution < -0.4 is 4.74 Å². The van der Waals surface area contributed by atoms with Crippen molar-refractivity contribution in [2.45, 2.75) is 18.9 Å². The molecule has 2 amide bonds. The molecule has 30 heavy (non-hydrogen) atoms. The van der Waals surface area contributed by atoms with Crippen molar-refractivity contribution in [2.24, 2.45) is 5.92 Å². The molecular weight excluding hydrogens is 470 g/mol. The molecule has 160 valence electrons. The maximum atomic E-state index is 12.9. The van der Waals surface area contributed by atoms with Crippen molar-refractivity contribution in [1.82, 2.24) is 14.8 Å². The molecular formula is C21H24BrN3O4S. The Morgan fingerprint density at radius 3 is 2.80 bits per heavy atom. The van der Waals surface area contributed by atoms with E-state index in [1.807, 2.05) is 34.1 Å². The summed E-state index contributed by atoms with van der Waals surface area (Å²) in [6, 6.07) is 7.72. The zero-order valence-corrected chi connectivity index (χ0v) is 18.9. The Morgan fingerprint density at radius 2 is 2.07 bits per heavy atom. The smallest absolute Gasteiger partial charge is 0.265 e. The molecule has 7 nitrogen and oxygen atoms in total. The van der Waals surface area contributed by atoms with E-state index in [1.54, 1.807) is 11.7 Å². The molecule has 2 fully saturated rings. The first-order valence-electron chi connectivity index (χ1n) is 10.1. The van der Waals surface area contributed by atoms with Crippen LogP contribution in [0.1, 0.15) is 22.5 Å². The van der Waals surface area contributed by atoms with Gasteiger partial charge in [-0.05, 0) is 18.2 Å². The standard InChI is InChI=1S/C21H24BrN3O4S/c22-16-2-1-3-17(11-16)29-18-4-5-25(21(27)19-12-23-14-30-19)13-15(18)10-20(26)24-6-8-28-9-7-24/h1-3,11-12,14-15,18H,4-10,13H2/t15-,18-/m0/s1. The third kappa shape index (κ3) is 5.19. The number of hydrogen-bond donors (Lipinski definition) is 0. The van der Waals surface area contributed by atoms with Crippen molar-refractivity contribution >= 4 is 39.1 Å². The molecule has 0 unspecified atom stereocenters. The van der Waals surface area contributed by atoms with Crippen LogP contribution in [0.2, 0.25) is 0 Å². The number of aromatic nitrogens is 1. The number of carbonyl (C=O) groups excluding carboxylic acids is 2. The quantitative estimate of drug-likeness (QED) is 0.639. The Hall–Kier alpha value is -1.97. The molecule has 0 radical (unpaired) electrons. The zero-order chi connectivity index (χ0) is 20.9. The first kappa shape index (κ1) is 21.3. The summed E-state index contributed by atoms with van der Waals surface area (Å²) in [6.07, 6.45) is 2.50. The van der Waals surface area contributed by atoms with Crippen LogP contribution >= 0.6 is 27.3 Å². The van der Waals surface area contributed by atoms with Crippen LogP contribution in [0.15, 0.2) is 40.4 Å². The SMILES string of the molecule is O=C(C[C@H]1CN(C(=O)c2cncs2)CC[C@@H]1Oc1cccc(Br)c1)N1CCOCC1. The highest BCUT2D eigenvalue weighted by atomic mass is 79.9. The highest BCUT2D eigenvalue weighted by Crippen LogP contribution is 2.29. The Balaban J connectivity index is 1.48. The Bertz CT molecular complexity index is 873. The van der Waals surface area contributed by atoms with Crippen LogP contribution in [-0.4, -0.2) is 72.1 Å². The van der Waals surface area contributed by atoms with Crippen LogP contribution in [0, 0.1) is 5.92 Å². The lowest BCUT2D eigenvalue weighted by Crippen LogP contribution is -2.50. The minimum atomic E-state index is -0.130. The van der Waals surface area contributed by atoms with Crippen molar-refractivity contribution in [1.29, 1.82) is 0 Å². The molecule has 0 aliphatic carbocycles. The van der Waals surface area contributed by atoms with Gasteiger partial charge in [-0.15, -0.1) is 11.3 Å². The second kappa shape index (κ2) is 9.89. The van der Waals surface area contributed by atoms with Gasteiger partial charge in [0, 0.05) is 49.4 Å². The van der Waals surface area contributed by atoms with E-state index < -0.39 is 0 Å². The lowest BCUT2D eigenvalue weighted by atomic mass is 9.90. The number of amides is 2. The first-order valence-corrected chi connectivity index (χ1v) is 11.7. The van der Waals surface area contributed by atoms with E-state index in [2.05, 4.69) is 20.9 Å². The molecule has 0 N–H and O–H groups in total. The van der Waals surface area contributed by atoms with Gasteiger partial charge in [0.25, 0.3) is 5.91 Å². The number of hydrogen-bond acceptors (Lipinski definition) is 6. The van der Waals surface area contributed by atoms with Gasteiger partial charge in [0.1, 0.15) is 16.7 Å². The minimum Gasteiger partial charge on any atom is -0.490 e. The molecule has 0 bridgehead atoms. The predicted molar refractivity (Wildman–Crippen MR) is 117 cm³/mol. The summed E-state index contributed by atoms with van der Waals surface area (Å²) in [6.45, 7) is 3.47. The third-order valence-electron chi connectivity index (χ3n) is 5.48. The normalized spacial score (nSPS) is 22.0. The van der Waals surface area contributed by atoms with Crippen LogP contribution in [0.3, 0.4) is 0 Å². The molecule has 4 rings (SSSR count). The fourth-order valence-corrected chi connectivity index (χ4v) is 4.87. The molecule has 2 aliphatic rings. The van der Waals surface area contributed by atoms with E-state index in [1.165, 1.54) is 11.3 Å². The average molecular weight is 494 g/mol. The first-order chi connectivity index (χ1) is 14.6. The number of likely N-dealkylation sites (tertiary alicyclic amines) is 1. The number of benzene rings is 1. The third-order valence-corrected chi connectivity index (χ3v) is 6.73. The van der Waals surface area contributed by atoms with Gasteiger partial charge in [-0.25, -0.2) is 0 Å². The largest absolute Gasteiger partial charge is 0.490 e. The van der Waals surface area contributed by atoms with E-state index in [0.29, 0.717) is 57.1 Å². The number of carbonyl (C=O) groups is 2. The van der Waals surface area contributed by atoms with E-state index >= 15 is 0 Å². The summed E-state index contributed by atoms with van der Waals surface area (Å²) >= 11 is 4.81. The number of morpholine rings is 1. The molecule has 2 atom stereocenters. The van der Waals surface area contributed by atoms with Gasteiger partial charge in [0.15, 0.2) is 0 Å². The van der Waals surface area contributed by atoms with Crippen LogP contribution in [0.4, 0.5) is 0 Å².